The number of aryl methyl sites for hydroxylation is 1. The van der Waals surface area contributed by atoms with Crippen molar-refractivity contribution in [1.82, 2.24) is 14.6 Å². The van der Waals surface area contributed by atoms with Gasteiger partial charge in [0.25, 0.3) is 0 Å². The molecule has 4 nitrogen and oxygen atoms in total. The van der Waals surface area contributed by atoms with E-state index in [0.29, 0.717) is 6.04 Å². The molecule has 0 aromatic carbocycles. The van der Waals surface area contributed by atoms with Crippen LogP contribution in [0.25, 0.3) is 5.65 Å². The van der Waals surface area contributed by atoms with Crippen molar-refractivity contribution in [2.45, 2.75) is 33.2 Å². The maximum absolute atomic E-state index is 4.46. The molecule has 5 heteroatoms. The molecule has 1 atom stereocenters. The molecule has 0 aliphatic heterocycles. The quantitative estimate of drug-likeness (QED) is 0.815. The Bertz CT molecular complexity index is 509. The largest absolute Gasteiger partial charge is 0.350 e. The molecule has 0 amide bonds. The highest BCUT2D eigenvalue weighted by atomic mass is 32.2. The van der Waals surface area contributed by atoms with Crippen molar-refractivity contribution in [3.63, 3.8) is 0 Å². The van der Waals surface area contributed by atoms with Crippen LogP contribution in [0.1, 0.15) is 25.8 Å². The maximum Gasteiger partial charge on any atom is 0.243 e. The van der Waals surface area contributed by atoms with Gasteiger partial charge in [-0.2, -0.15) is 16.7 Å². The Balaban J connectivity index is 1.98. The van der Waals surface area contributed by atoms with Crippen molar-refractivity contribution in [3.8, 4) is 0 Å². The highest BCUT2D eigenvalue weighted by Gasteiger charge is 2.07. The van der Waals surface area contributed by atoms with Gasteiger partial charge in [-0.05, 0) is 43.4 Å². The highest BCUT2D eigenvalue weighted by molar-refractivity contribution is 7.99. The summed E-state index contributed by atoms with van der Waals surface area (Å²) in [5.41, 5.74) is 2.07. The number of thioether (sulfide) groups is 1. The minimum atomic E-state index is 0.405. The number of rotatable bonds is 6. The van der Waals surface area contributed by atoms with Crippen LogP contribution in [0.4, 0.5) is 5.95 Å². The van der Waals surface area contributed by atoms with Crippen LogP contribution in [0.5, 0.6) is 0 Å². The lowest BCUT2D eigenvalue weighted by molar-refractivity contribution is 0.758. The van der Waals surface area contributed by atoms with Crippen molar-refractivity contribution >= 4 is 23.4 Å². The van der Waals surface area contributed by atoms with Gasteiger partial charge in [-0.3, -0.25) is 0 Å². The normalized spacial score (nSPS) is 12.8. The molecule has 0 aliphatic rings. The zero-order valence-corrected chi connectivity index (χ0v) is 12.0. The first-order chi connectivity index (χ1) is 8.69. The molecule has 0 aliphatic carbocycles. The fourth-order valence-electron chi connectivity index (χ4n) is 1.74. The zero-order chi connectivity index (χ0) is 13.0. The second-order valence-corrected chi connectivity index (χ2v) is 5.87. The van der Waals surface area contributed by atoms with Gasteiger partial charge >= 0.3 is 0 Å². The summed E-state index contributed by atoms with van der Waals surface area (Å²) in [6.07, 6.45) is 3.12. The Morgan fingerprint density at radius 1 is 1.44 bits per heavy atom. The molecule has 0 radical (unpaired) electrons. The summed E-state index contributed by atoms with van der Waals surface area (Å²) in [6.45, 7) is 6.42. The molecular weight excluding hydrogens is 244 g/mol. The van der Waals surface area contributed by atoms with Gasteiger partial charge in [0.2, 0.25) is 5.95 Å². The number of nitrogens with zero attached hydrogens (tertiary/aromatic N) is 3. The van der Waals surface area contributed by atoms with Crippen molar-refractivity contribution in [3.05, 3.63) is 23.9 Å². The Hall–Kier alpha value is -1.23. The summed E-state index contributed by atoms with van der Waals surface area (Å²) < 4.78 is 1.82. The average molecular weight is 264 g/mol. The molecule has 98 valence electrons. The van der Waals surface area contributed by atoms with Gasteiger partial charge in [-0.25, -0.2) is 4.52 Å². The molecule has 0 bridgehead atoms. The molecule has 1 N–H and O–H groups in total. The predicted octanol–water partition coefficient (Wildman–Crippen LogP) is 2.98. The SMILES string of the molecule is CCSCCC(C)Nc1nc2ccc(C)cn2n1. The summed E-state index contributed by atoms with van der Waals surface area (Å²) in [7, 11) is 0. The summed E-state index contributed by atoms with van der Waals surface area (Å²) >= 11 is 1.97. The minimum Gasteiger partial charge on any atom is -0.350 e. The summed E-state index contributed by atoms with van der Waals surface area (Å²) in [5, 5.41) is 7.78. The smallest absolute Gasteiger partial charge is 0.243 e. The molecule has 2 aromatic rings. The Morgan fingerprint density at radius 3 is 3.06 bits per heavy atom. The van der Waals surface area contributed by atoms with Gasteiger partial charge in [-0.1, -0.05) is 13.0 Å². The van der Waals surface area contributed by atoms with Crippen LogP contribution in [-0.2, 0) is 0 Å². The molecule has 1 unspecified atom stereocenters. The van der Waals surface area contributed by atoms with Crippen molar-refractivity contribution in [2.24, 2.45) is 0 Å². The first kappa shape index (κ1) is 13.2. The Morgan fingerprint density at radius 2 is 2.28 bits per heavy atom. The summed E-state index contributed by atoms with van der Waals surface area (Å²) in [4.78, 5) is 4.46. The molecule has 0 spiro atoms. The van der Waals surface area contributed by atoms with Crippen LogP contribution in [0, 0.1) is 6.92 Å². The van der Waals surface area contributed by atoms with Crippen LogP contribution in [0.3, 0.4) is 0 Å². The van der Waals surface area contributed by atoms with E-state index >= 15 is 0 Å². The van der Waals surface area contributed by atoms with Crippen molar-refractivity contribution in [2.75, 3.05) is 16.8 Å². The molecule has 2 rings (SSSR count). The Labute approximate surface area is 112 Å². The van der Waals surface area contributed by atoms with Crippen LogP contribution in [0.2, 0.25) is 0 Å². The number of hydrogen-bond donors (Lipinski definition) is 1. The van der Waals surface area contributed by atoms with Gasteiger partial charge in [0, 0.05) is 12.2 Å². The van der Waals surface area contributed by atoms with Gasteiger partial charge in [0.15, 0.2) is 5.65 Å². The van der Waals surface area contributed by atoms with E-state index in [2.05, 4.69) is 42.2 Å². The maximum atomic E-state index is 4.46. The second-order valence-electron chi connectivity index (χ2n) is 4.48. The van der Waals surface area contributed by atoms with E-state index in [1.807, 2.05) is 28.5 Å². The van der Waals surface area contributed by atoms with Crippen LogP contribution in [0.15, 0.2) is 18.3 Å². The zero-order valence-electron chi connectivity index (χ0n) is 11.2. The molecule has 18 heavy (non-hydrogen) atoms. The lowest BCUT2D eigenvalue weighted by atomic mass is 10.3. The molecule has 0 saturated heterocycles. The number of aromatic nitrogens is 3. The van der Waals surface area contributed by atoms with E-state index in [9.17, 15) is 0 Å². The van der Waals surface area contributed by atoms with Gasteiger partial charge in [0.1, 0.15) is 0 Å². The molecule has 0 fully saturated rings. The van der Waals surface area contributed by atoms with Crippen LogP contribution >= 0.6 is 11.8 Å². The van der Waals surface area contributed by atoms with Crippen molar-refractivity contribution in [1.29, 1.82) is 0 Å². The van der Waals surface area contributed by atoms with Crippen LogP contribution in [-0.4, -0.2) is 32.1 Å². The lowest BCUT2D eigenvalue weighted by Gasteiger charge is -2.10. The summed E-state index contributed by atoms with van der Waals surface area (Å²) in [6, 6.07) is 4.45. The number of anilines is 1. The van der Waals surface area contributed by atoms with E-state index < -0.39 is 0 Å². The lowest BCUT2D eigenvalue weighted by Crippen LogP contribution is -2.17. The fraction of sp³-hybridized carbons (Fsp3) is 0.538. The Kier molecular flexibility index (Phi) is 4.47. The molecule has 2 heterocycles. The first-order valence-electron chi connectivity index (χ1n) is 6.36. The topological polar surface area (TPSA) is 42.2 Å². The number of nitrogens with one attached hydrogen (secondary N) is 1. The third-order valence-electron chi connectivity index (χ3n) is 2.75. The third kappa shape index (κ3) is 3.38. The minimum absolute atomic E-state index is 0.405. The number of fused-ring (bicyclic) bond motifs is 1. The second kappa shape index (κ2) is 6.09. The summed E-state index contributed by atoms with van der Waals surface area (Å²) in [5.74, 6) is 3.07. The van der Waals surface area contributed by atoms with Crippen LogP contribution < -0.4 is 5.32 Å². The third-order valence-corrected chi connectivity index (χ3v) is 3.69. The van der Waals surface area contributed by atoms with Gasteiger partial charge < -0.3 is 5.32 Å². The van der Waals surface area contributed by atoms with E-state index in [-0.39, 0.29) is 0 Å². The monoisotopic (exact) mass is 264 g/mol. The van der Waals surface area contributed by atoms with Gasteiger partial charge in [-0.15, -0.1) is 5.10 Å². The standard InChI is InChI=1S/C13H20N4S/c1-4-18-8-7-11(3)14-13-15-12-6-5-10(2)9-17(12)16-13/h5-6,9,11H,4,7-8H2,1-3H3,(H,14,16). The molecular formula is C13H20N4S. The molecule has 2 aromatic heterocycles. The number of hydrogen-bond acceptors (Lipinski definition) is 4. The van der Waals surface area contributed by atoms with Gasteiger partial charge in [0.05, 0.1) is 0 Å². The fourth-order valence-corrected chi connectivity index (χ4v) is 2.55. The number of pyridine rings is 1. The van der Waals surface area contributed by atoms with E-state index in [1.54, 1.807) is 0 Å². The van der Waals surface area contributed by atoms with E-state index in [1.165, 1.54) is 17.1 Å². The average Bonchev–Trinajstić information content (AvgIpc) is 2.70. The molecule has 0 saturated carbocycles. The predicted molar refractivity (Wildman–Crippen MR) is 78.4 cm³/mol. The van der Waals surface area contributed by atoms with Crippen molar-refractivity contribution < 1.29 is 0 Å². The van der Waals surface area contributed by atoms with E-state index in [0.717, 1.165) is 18.0 Å². The van der Waals surface area contributed by atoms with E-state index in [4.69, 9.17) is 0 Å². The highest BCUT2D eigenvalue weighted by Crippen LogP contribution is 2.10. The first-order valence-corrected chi connectivity index (χ1v) is 7.52.